The fourth-order valence-electron chi connectivity index (χ4n) is 3.22. The van der Waals surface area contributed by atoms with Gasteiger partial charge >= 0.3 is 5.97 Å². The summed E-state index contributed by atoms with van der Waals surface area (Å²) in [4.78, 5) is 14.0. The maximum atomic E-state index is 11.6. The van der Waals surface area contributed by atoms with E-state index >= 15 is 0 Å². The highest BCUT2D eigenvalue weighted by Gasteiger charge is 2.36. The molecule has 4 heteroatoms. The molecular weight excluding hydrogens is 252 g/mol. The fraction of sp³-hybridized carbons (Fsp3) is 0.938. The molecule has 4 nitrogen and oxygen atoms in total. The first kappa shape index (κ1) is 17.4. The number of hydrogen-bond acceptors (Lipinski definition) is 3. The summed E-state index contributed by atoms with van der Waals surface area (Å²) < 4.78 is 0. The molecule has 0 aromatic carbocycles. The van der Waals surface area contributed by atoms with E-state index in [2.05, 4.69) is 31.1 Å². The summed E-state index contributed by atoms with van der Waals surface area (Å²) in [5, 5.41) is 12.7. The molecule has 20 heavy (non-hydrogen) atoms. The molecule has 1 aliphatic carbocycles. The zero-order valence-electron chi connectivity index (χ0n) is 13.6. The highest BCUT2D eigenvalue weighted by molar-refractivity contribution is 5.78. The number of rotatable bonds is 8. The van der Waals surface area contributed by atoms with E-state index in [4.69, 9.17) is 0 Å². The maximum absolute atomic E-state index is 11.6. The van der Waals surface area contributed by atoms with Gasteiger partial charge in [0.05, 0.1) is 0 Å². The van der Waals surface area contributed by atoms with E-state index in [9.17, 15) is 9.90 Å². The monoisotopic (exact) mass is 284 g/mol. The summed E-state index contributed by atoms with van der Waals surface area (Å²) in [5.41, 5.74) is -0.821. The second-order valence-corrected chi connectivity index (χ2v) is 6.57. The van der Waals surface area contributed by atoms with E-state index in [1.54, 1.807) is 0 Å². The van der Waals surface area contributed by atoms with Crippen LogP contribution in [-0.4, -0.2) is 47.2 Å². The van der Waals surface area contributed by atoms with Crippen LogP contribution in [-0.2, 0) is 4.79 Å². The van der Waals surface area contributed by atoms with Gasteiger partial charge in [0.1, 0.15) is 5.54 Å². The highest BCUT2D eigenvalue weighted by atomic mass is 16.4. The molecule has 0 spiro atoms. The van der Waals surface area contributed by atoms with Gasteiger partial charge in [0.15, 0.2) is 0 Å². The Morgan fingerprint density at radius 1 is 1.40 bits per heavy atom. The van der Waals surface area contributed by atoms with Crippen molar-refractivity contribution in [1.82, 2.24) is 10.2 Å². The van der Waals surface area contributed by atoms with E-state index in [1.807, 2.05) is 6.92 Å². The van der Waals surface area contributed by atoms with Crippen molar-refractivity contribution in [2.24, 2.45) is 0 Å². The Balaban J connectivity index is 2.59. The molecule has 0 aliphatic heterocycles. The van der Waals surface area contributed by atoms with Gasteiger partial charge in [-0.1, -0.05) is 26.2 Å². The lowest BCUT2D eigenvalue weighted by atomic mass is 9.89. The number of nitrogens with zero attached hydrogens (tertiary/aromatic N) is 1. The lowest BCUT2D eigenvalue weighted by molar-refractivity contribution is -0.145. The molecule has 1 saturated carbocycles. The Bertz CT molecular complexity index is 303. The molecule has 2 N–H and O–H groups in total. The average Bonchev–Trinajstić information content (AvgIpc) is 2.45. The van der Waals surface area contributed by atoms with Crippen molar-refractivity contribution in [3.63, 3.8) is 0 Å². The summed E-state index contributed by atoms with van der Waals surface area (Å²) in [7, 11) is 2.16. The van der Waals surface area contributed by atoms with Crippen molar-refractivity contribution < 1.29 is 9.90 Å². The Morgan fingerprint density at radius 2 is 2.00 bits per heavy atom. The van der Waals surface area contributed by atoms with Crippen LogP contribution < -0.4 is 5.32 Å². The topological polar surface area (TPSA) is 52.6 Å². The second kappa shape index (κ2) is 7.99. The van der Waals surface area contributed by atoms with Crippen LogP contribution in [0.5, 0.6) is 0 Å². The SMILES string of the molecule is CCCNC(C)(CC(C)N(C)C1CCCCC1)C(=O)O. The van der Waals surface area contributed by atoms with Crippen LogP contribution in [0, 0.1) is 0 Å². The number of hydrogen-bond donors (Lipinski definition) is 2. The first-order valence-corrected chi connectivity index (χ1v) is 8.11. The number of carboxylic acids is 1. The first-order chi connectivity index (χ1) is 9.40. The van der Waals surface area contributed by atoms with Gasteiger partial charge in [0.25, 0.3) is 0 Å². The van der Waals surface area contributed by atoms with Gasteiger partial charge in [0.2, 0.25) is 0 Å². The van der Waals surface area contributed by atoms with Crippen LogP contribution in [0.15, 0.2) is 0 Å². The van der Waals surface area contributed by atoms with E-state index in [0.29, 0.717) is 12.5 Å². The minimum absolute atomic E-state index is 0.281. The number of nitrogens with one attached hydrogen (secondary N) is 1. The van der Waals surface area contributed by atoms with Gasteiger partial charge in [-0.3, -0.25) is 4.79 Å². The molecule has 1 fully saturated rings. The Labute approximate surface area is 123 Å². The molecule has 0 radical (unpaired) electrons. The Morgan fingerprint density at radius 3 is 2.50 bits per heavy atom. The minimum Gasteiger partial charge on any atom is -0.480 e. The molecule has 0 aromatic heterocycles. The second-order valence-electron chi connectivity index (χ2n) is 6.57. The largest absolute Gasteiger partial charge is 0.480 e. The zero-order valence-corrected chi connectivity index (χ0v) is 13.6. The van der Waals surface area contributed by atoms with E-state index in [0.717, 1.165) is 13.0 Å². The van der Waals surface area contributed by atoms with Gasteiger partial charge in [-0.15, -0.1) is 0 Å². The summed E-state index contributed by atoms with van der Waals surface area (Å²) in [6.07, 6.45) is 8.09. The van der Waals surface area contributed by atoms with Gasteiger partial charge in [0, 0.05) is 12.1 Å². The summed E-state index contributed by atoms with van der Waals surface area (Å²) in [6, 6.07) is 0.909. The average molecular weight is 284 g/mol. The van der Waals surface area contributed by atoms with Crippen LogP contribution in [0.2, 0.25) is 0 Å². The van der Waals surface area contributed by atoms with Gasteiger partial charge < -0.3 is 15.3 Å². The first-order valence-electron chi connectivity index (χ1n) is 8.11. The summed E-state index contributed by atoms with van der Waals surface area (Å²) >= 11 is 0. The predicted octanol–water partition coefficient (Wildman–Crippen LogP) is 2.87. The quantitative estimate of drug-likeness (QED) is 0.719. The molecule has 0 aromatic rings. The smallest absolute Gasteiger partial charge is 0.323 e. The van der Waals surface area contributed by atoms with Crippen molar-refractivity contribution in [2.45, 2.75) is 83.3 Å². The number of aliphatic carboxylic acids is 1. The van der Waals surface area contributed by atoms with E-state index in [1.165, 1.54) is 32.1 Å². The lowest BCUT2D eigenvalue weighted by Crippen LogP contribution is -2.54. The molecule has 0 saturated heterocycles. The third-order valence-electron chi connectivity index (χ3n) is 4.79. The van der Waals surface area contributed by atoms with Gasteiger partial charge in [-0.05, 0) is 53.1 Å². The predicted molar refractivity (Wildman–Crippen MR) is 83.0 cm³/mol. The number of carboxylic acid groups (broad SMARTS) is 1. The van der Waals surface area contributed by atoms with Crippen molar-refractivity contribution in [3.8, 4) is 0 Å². The van der Waals surface area contributed by atoms with E-state index < -0.39 is 11.5 Å². The summed E-state index contributed by atoms with van der Waals surface area (Å²) in [6.45, 7) is 6.79. The van der Waals surface area contributed by atoms with Crippen LogP contribution in [0.1, 0.15) is 65.7 Å². The van der Waals surface area contributed by atoms with Crippen molar-refractivity contribution in [2.75, 3.05) is 13.6 Å². The molecule has 0 bridgehead atoms. The highest BCUT2D eigenvalue weighted by Crippen LogP contribution is 2.25. The fourth-order valence-corrected chi connectivity index (χ4v) is 3.22. The van der Waals surface area contributed by atoms with Crippen molar-refractivity contribution in [1.29, 1.82) is 0 Å². The molecule has 1 aliphatic rings. The van der Waals surface area contributed by atoms with Crippen molar-refractivity contribution >= 4 is 5.97 Å². The Hall–Kier alpha value is -0.610. The van der Waals surface area contributed by atoms with Crippen LogP contribution >= 0.6 is 0 Å². The Kier molecular flexibility index (Phi) is 6.96. The lowest BCUT2D eigenvalue weighted by Gasteiger charge is -2.39. The third kappa shape index (κ3) is 4.74. The summed E-state index contributed by atoms with van der Waals surface area (Å²) in [5.74, 6) is -0.741. The molecule has 0 heterocycles. The maximum Gasteiger partial charge on any atom is 0.323 e. The van der Waals surface area contributed by atoms with Gasteiger partial charge in [-0.25, -0.2) is 0 Å². The van der Waals surface area contributed by atoms with Crippen LogP contribution in [0.25, 0.3) is 0 Å². The van der Waals surface area contributed by atoms with Crippen LogP contribution in [0.3, 0.4) is 0 Å². The molecule has 2 atom stereocenters. The minimum atomic E-state index is -0.821. The van der Waals surface area contributed by atoms with Gasteiger partial charge in [-0.2, -0.15) is 0 Å². The zero-order chi connectivity index (χ0) is 15.2. The van der Waals surface area contributed by atoms with Crippen molar-refractivity contribution in [3.05, 3.63) is 0 Å². The molecule has 2 unspecified atom stereocenters. The van der Waals surface area contributed by atoms with E-state index in [-0.39, 0.29) is 6.04 Å². The molecule has 118 valence electrons. The number of carbonyl (C=O) groups is 1. The normalized spacial score (nSPS) is 21.6. The standard InChI is InChI=1S/C16H32N2O2/c1-5-11-17-16(3,15(19)20)12-13(2)18(4)14-9-7-6-8-10-14/h13-14,17H,5-12H2,1-4H3,(H,19,20). The molecular formula is C16H32N2O2. The molecule has 1 rings (SSSR count). The third-order valence-corrected chi connectivity index (χ3v) is 4.79. The van der Waals surface area contributed by atoms with Crippen LogP contribution in [0.4, 0.5) is 0 Å². The molecule has 0 amide bonds.